The Bertz CT molecular complexity index is 1290. The van der Waals surface area contributed by atoms with Crippen molar-refractivity contribution in [1.82, 2.24) is 20.4 Å². The molecule has 3 aliphatic carbocycles. The highest BCUT2D eigenvalue weighted by atomic mass is 19.4. The molecule has 3 N–H and O–H groups in total. The van der Waals surface area contributed by atoms with Crippen molar-refractivity contribution in [3.63, 3.8) is 0 Å². The number of nitrogens with zero attached hydrogens (tertiary/aromatic N) is 2. The molecular formula is C30H38F3N5O3. The van der Waals surface area contributed by atoms with Crippen LogP contribution in [0, 0.1) is 17.8 Å². The third-order valence-electron chi connectivity index (χ3n) is 8.60. The third kappa shape index (κ3) is 6.43. The van der Waals surface area contributed by atoms with Crippen molar-refractivity contribution in [3.05, 3.63) is 47.3 Å². The Balaban J connectivity index is 1.31. The van der Waals surface area contributed by atoms with Crippen molar-refractivity contribution in [2.75, 3.05) is 5.32 Å². The molecule has 8 nitrogen and oxygen atoms in total. The van der Waals surface area contributed by atoms with E-state index in [-0.39, 0.29) is 30.2 Å². The van der Waals surface area contributed by atoms with Gasteiger partial charge in [-0.3, -0.25) is 19.1 Å². The lowest BCUT2D eigenvalue weighted by Crippen LogP contribution is -2.50. The summed E-state index contributed by atoms with van der Waals surface area (Å²) in [6.07, 6.45) is 1.93. The first kappa shape index (κ1) is 29.1. The quantitative estimate of drug-likeness (QED) is 0.347. The van der Waals surface area contributed by atoms with Crippen LogP contribution in [0.5, 0.6) is 0 Å². The molecule has 0 radical (unpaired) electrons. The minimum absolute atomic E-state index is 0.0145. The lowest BCUT2D eigenvalue weighted by atomic mass is 9.88. The van der Waals surface area contributed by atoms with Gasteiger partial charge in [-0.2, -0.15) is 18.3 Å². The van der Waals surface area contributed by atoms with Gasteiger partial charge in [0, 0.05) is 17.9 Å². The van der Waals surface area contributed by atoms with E-state index in [1.807, 2.05) is 13.8 Å². The van der Waals surface area contributed by atoms with Gasteiger partial charge >= 0.3 is 6.18 Å². The van der Waals surface area contributed by atoms with E-state index < -0.39 is 30.1 Å². The fourth-order valence-corrected chi connectivity index (χ4v) is 6.22. The number of anilines is 1. The smallest absolute Gasteiger partial charge is 0.344 e. The number of nitrogens with one attached hydrogen (secondary N) is 3. The highest BCUT2D eigenvalue weighted by molar-refractivity contribution is 6.01. The van der Waals surface area contributed by atoms with Gasteiger partial charge < -0.3 is 16.0 Å². The molecule has 11 heteroatoms. The summed E-state index contributed by atoms with van der Waals surface area (Å²) in [5, 5.41) is 12.4. The number of fused-ring (bicyclic) bond motifs is 1. The molecule has 2 saturated carbocycles. The van der Waals surface area contributed by atoms with E-state index in [2.05, 4.69) is 21.0 Å². The molecular weight excluding hydrogens is 535 g/mol. The first-order valence-electron chi connectivity index (χ1n) is 14.6. The van der Waals surface area contributed by atoms with E-state index in [0.717, 1.165) is 31.2 Å². The van der Waals surface area contributed by atoms with Crippen LogP contribution in [-0.2, 0) is 16.0 Å². The Morgan fingerprint density at radius 2 is 1.71 bits per heavy atom. The van der Waals surface area contributed by atoms with Crippen LogP contribution in [-0.4, -0.2) is 45.8 Å². The SMILES string of the molecule is CCC(NC(=O)C1CCc2cc(NC(=O)[C@@H](NC(=O)c3ccnn3C(C)C)C(C3CC3)C3CC3)ccc21)C(F)(F)F. The van der Waals surface area contributed by atoms with Crippen molar-refractivity contribution in [2.24, 2.45) is 17.8 Å². The highest BCUT2D eigenvalue weighted by Crippen LogP contribution is 2.51. The average Bonchev–Trinajstić information content (AvgIpc) is 3.84. The second-order valence-corrected chi connectivity index (χ2v) is 12.0. The standard InChI is InChI=1S/C30H38F3N5O3/c1-4-24(30(31,32)33)36-27(39)22-11-9-19-15-20(10-12-21(19)22)35-29(41)26(25(17-5-6-17)18-7-8-18)37-28(40)23-13-14-34-38(23)16(2)3/h10,12-18,22,24-26H,4-9,11H2,1-3H3,(H,35,41)(H,36,39)(H,37,40)/t22?,24?,26-/m0/s1. The van der Waals surface area contributed by atoms with Gasteiger partial charge in [0.25, 0.3) is 5.91 Å². The summed E-state index contributed by atoms with van der Waals surface area (Å²) in [4.78, 5) is 39.8. The predicted octanol–water partition coefficient (Wildman–Crippen LogP) is 5.12. The van der Waals surface area contributed by atoms with Crippen molar-refractivity contribution in [2.45, 2.75) is 95.9 Å². The zero-order chi connectivity index (χ0) is 29.5. The molecule has 1 heterocycles. The first-order valence-corrected chi connectivity index (χ1v) is 14.6. The summed E-state index contributed by atoms with van der Waals surface area (Å²) in [5.41, 5.74) is 2.44. The summed E-state index contributed by atoms with van der Waals surface area (Å²) in [6.45, 7) is 5.26. The summed E-state index contributed by atoms with van der Waals surface area (Å²) in [5.74, 6) is -1.08. The second kappa shape index (κ2) is 11.5. The number of aryl methyl sites for hydroxylation is 1. The van der Waals surface area contributed by atoms with Crippen molar-refractivity contribution < 1.29 is 27.6 Å². The lowest BCUT2D eigenvalue weighted by Gasteiger charge is -2.28. The minimum atomic E-state index is -4.50. The van der Waals surface area contributed by atoms with Crippen LogP contribution in [0.2, 0.25) is 0 Å². The van der Waals surface area contributed by atoms with Crippen molar-refractivity contribution in [3.8, 4) is 0 Å². The Labute approximate surface area is 237 Å². The zero-order valence-corrected chi connectivity index (χ0v) is 23.6. The first-order chi connectivity index (χ1) is 19.5. The molecule has 0 saturated heterocycles. The summed E-state index contributed by atoms with van der Waals surface area (Å²) >= 11 is 0. The molecule has 0 aliphatic heterocycles. The van der Waals surface area contributed by atoms with Crippen LogP contribution in [0.15, 0.2) is 30.5 Å². The molecule has 3 aliphatic rings. The van der Waals surface area contributed by atoms with Gasteiger partial charge in [0.1, 0.15) is 17.8 Å². The van der Waals surface area contributed by atoms with Gasteiger partial charge in [0.15, 0.2) is 0 Å². The van der Waals surface area contributed by atoms with Crippen molar-refractivity contribution >= 4 is 23.4 Å². The molecule has 1 aromatic heterocycles. The molecule has 1 aromatic carbocycles. The topological polar surface area (TPSA) is 105 Å². The van der Waals surface area contributed by atoms with E-state index in [1.54, 1.807) is 35.1 Å². The van der Waals surface area contributed by atoms with Crippen LogP contribution in [0.25, 0.3) is 0 Å². The fraction of sp³-hybridized carbons (Fsp3) is 0.600. The molecule has 3 atom stereocenters. The Kier molecular flexibility index (Phi) is 8.16. The Morgan fingerprint density at radius 1 is 1.02 bits per heavy atom. The number of carbonyl (C=O) groups excluding carboxylic acids is 3. The number of rotatable bonds is 11. The maximum atomic E-state index is 13.7. The van der Waals surface area contributed by atoms with E-state index in [1.165, 1.54) is 6.92 Å². The number of carbonyl (C=O) groups is 3. The second-order valence-electron chi connectivity index (χ2n) is 12.0. The molecule has 0 bridgehead atoms. The molecule has 3 amide bonds. The third-order valence-corrected chi connectivity index (χ3v) is 8.60. The molecule has 2 aromatic rings. The largest absolute Gasteiger partial charge is 0.408 e. The zero-order valence-electron chi connectivity index (χ0n) is 23.6. The molecule has 2 unspecified atom stereocenters. The average molecular weight is 574 g/mol. The molecule has 41 heavy (non-hydrogen) atoms. The molecule has 2 fully saturated rings. The number of halogens is 3. The van der Waals surface area contributed by atoms with Crippen LogP contribution < -0.4 is 16.0 Å². The number of aromatic nitrogens is 2. The summed E-state index contributed by atoms with van der Waals surface area (Å²) < 4.78 is 41.2. The van der Waals surface area contributed by atoms with Gasteiger partial charge in [0.2, 0.25) is 11.8 Å². The van der Waals surface area contributed by atoms with Crippen LogP contribution in [0.1, 0.15) is 92.9 Å². The summed E-state index contributed by atoms with van der Waals surface area (Å²) in [6, 6.07) is 4.23. The minimum Gasteiger partial charge on any atom is -0.344 e. The van der Waals surface area contributed by atoms with Gasteiger partial charge in [-0.15, -0.1) is 0 Å². The highest BCUT2D eigenvalue weighted by Gasteiger charge is 2.48. The molecule has 0 spiro atoms. The van der Waals surface area contributed by atoms with Gasteiger partial charge in [-0.1, -0.05) is 13.0 Å². The van der Waals surface area contributed by atoms with E-state index in [4.69, 9.17) is 0 Å². The van der Waals surface area contributed by atoms with E-state index in [0.29, 0.717) is 41.6 Å². The molecule has 5 rings (SSSR count). The van der Waals surface area contributed by atoms with Gasteiger partial charge in [-0.05, 0) is 106 Å². The summed E-state index contributed by atoms with van der Waals surface area (Å²) in [7, 11) is 0. The Hall–Kier alpha value is -3.37. The van der Waals surface area contributed by atoms with Gasteiger partial charge in [0.05, 0.1) is 5.92 Å². The predicted molar refractivity (Wildman–Crippen MR) is 147 cm³/mol. The van der Waals surface area contributed by atoms with Gasteiger partial charge in [-0.25, -0.2) is 0 Å². The van der Waals surface area contributed by atoms with Crippen molar-refractivity contribution in [1.29, 1.82) is 0 Å². The lowest BCUT2D eigenvalue weighted by molar-refractivity contribution is -0.162. The van der Waals surface area contributed by atoms with Crippen LogP contribution >= 0.6 is 0 Å². The Morgan fingerprint density at radius 3 is 2.29 bits per heavy atom. The normalized spacial score (nSPS) is 20.0. The number of hydrogen-bond acceptors (Lipinski definition) is 4. The van der Waals surface area contributed by atoms with Crippen LogP contribution in [0.4, 0.5) is 18.9 Å². The van der Waals surface area contributed by atoms with E-state index in [9.17, 15) is 27.6 Å². The van der Waals surface area contributed by atoms with E-state index >= 15 is 0 Å². The maximum Gasteiger partial charge on any atom is 0.408 e. The fourth-order valence-electron chi connectivity index (χ4n) is 6.22. The number of alkyl halides is 3. The maximum absolute atomic E-state index is 13.7. The number of benzene rings is 1. The molecule has 222 valence electrons. The number of amides is 3. The van der Waals surface area contributed by atoms with Crippen LogP contribution in [0.3, 0.4) is 0 Å². The number of hydrogen-bond donors (Lipinski definition) is 3. The monoisotopic (exact) mass is 573 g/mol.